The number of hydrogen-bond acceptors (Lipinski definition) is 4. The van der Waals surface area contributed by atoms with Gasteiger partial charge >= 0.3 is 5.97 Å². The molecule has 0 saturated heterocycles. The molecular weight excluding hydrogens is 312 g/mol. The number of alkyl halides is 1. The van der Waals surface area contributed by atoms with Crippen molar-refractivity contribution >= 4 is 21.9 Å². The van der Waals surface area contributed by atoms with Crippen LogP contribution >= 0.6 is 15.9 Å². The highest BCUT2D eigenvalue weighted by Crippen LogP contribution is 2.25. The molecule has 0 aliphatic carbocycles. The van der Waals surface area contributed by atoms with Gasteiger partial charge in [0.1, 0.15) is 11.3 Å². The summed E-state index contributed by atoms with van der Waals surface area (Å²) in [5.41, 5.74) is 0.996. The minimum atomic E-state index is -0.659. The van der Waals surface area contributed by atoms with Gasteiger partial charge in [-0.25, -0.2) is 4.79 Å². The van der Waals surface area contributed by atoms with E-state index >= 15 is 0 Å². The molecule has 0 saturated carbocycles. The predicted molar refractivity (Wildman–Crippen MR) is 76.9 cm³/mol. The predicted octanol–water partition coefficient (Wildman–Crippen LogP) is 3.08. The molecule has 4 nitrogen and oxygen atoms in total. The van der Waals surface area contributed by atoms with Crippen LogP contribution in [0.1, 0.15) is 41.8 Å². The molecule has 0 spiro atoms. The molecular formula is C14H19BrO4. The average Bonchev–Trinajstić information content (AvgIpc) is 2.46. The Balaban J connectivity index is 2.99. The molecule has 0 aliphatic heterocycles. The van der Waals surface area contributed by atoms with Crippen molar-refractivity contribution in [1.29, 1.82) is 0 Å². The van der Waals surface area contributed by atoms with Gasteiger partial charge in [0, 0.05) is 5.33 Å². The molecule has 1 aromatic carbocycles. The van der Waals surface area contributed by atoms with Gasteiger partial charge in [0.05, 0.1) is 19.8 Å². The normalized spacial score (nSPS) is 12.0. The summed E-state index contributed by atoms with van der Waals surface area (Å²) in [7, 11) is 1.33. The molecule has 0 radical (unpaired) electrons. The lowest BCUT2D eigenvalue weighted by Crippen LogP contribution is -2.09. The summed E-state index contributed by atoms with van der Waals surface area (Å²) in [6, 6.07) is 5.06. The molecule has 0 bridgehead atoms. The number of rotatable bonds is 7. The molecule has 5 heteroatoms. The van der Waals surface area contributed by atoms with Gasteiger partial charge in [0.25, 0.3) is 0 Å². The number of methoxy groups -OCH3 is 1. The lowest BCUT2D eigenvalue weighted by molar-refractivity contribution is 0.0595. The fraction of sp³-hybridized carbons (Fsp3) is 0.500. The first-order valence-electron chi connectivity index (χ1n) is 6.23. The number of unbranched alkanes of at least 4 members (excludes halogenated alkanes) is 1. The van der Waals surface area contributed by atoms with Crippen LogP contribution in [0.4, 0.5) is 0 Å². The van der Waals surface area contributed by atoms with Gasteiger partial charge in [-0.15, -0.1) is 0 Å². The Bertz CT molecular complexity index is 420. The number of esters is 1. The van der Waals surface area contributed by atoms with Gasteiger partial charge in [0.15, 0.2) is 0 Å². The zero-order valence-electron chi connectivity index (χ0n) is 11.2. The number of carbonyl (C=O) groups is 1. The van der Waals surface area contributed by atoms with E-state index in [1.807, 2.05) is 0 Å². The molecule has 0 aliphatic rings. The van der Waals surface area contributed by atoms with E-state index in [9.17, 15) is 9.90 Å². The maximum absolute atomic E-state index is 11.7. The van der Waals surface area contributed by atoms with E-state index in [2.05, 4.69) is 22.9 Å². The number of ether oxygens (including phenoxy) is 2. The van der Waals surface area contributed by atoms with Crippen LogP contribution in [0.25, 0.3) is 0 Å². The zero-order valence-corrected chi connectivity index (χ0v) is 12.8. The molecule has 1 rings (SSSR count). The number of halogens is 1. The third-order valence-corrected chi connectivity index (χ3v) is 3.31. The third-order valence-electron chi connectivity index (χ3n) is 2.70. The highest BCUT2D eigenvalue weighted by molar-refractivity contribution is 9.09. The van der Waals surface area contributed by atoms with Crippen LogP contribution < -0.4 is 4.74 Å². The quantitative estimate of drug-likeness (QED) is 0.474. The molecule has 0 heterocycles. The number of hydrogen-bond donors (Lipinski definition) is 1. The largest absolute Gasteiger partial charge is 0.493 e. The third kappa shape index (κ3) is 4.51. The smallest absolute Gasteiger partial charge is 0.341 e. The van der Waals surface area contributed by atoms with Crippen LogP contribution in [-0.2, 0) is 4.74 Å². The molecule has 0 unspecified atom stereocenters. The van der Waals surface area contributed by atoms with Crippen LogP contribution in [0.3, 0.4) is 0 Å². The summed E-state index contributed by atoms with van der Waals surface area (Å²) >= 11 is 3.20. The number of benzene rings is 1. The SMILES string of the molecule is CCCCOc1ccc([C@@H](O)CBr)cc1C(=O)OC. The van der Waals surface area contributed by atoms with E-state index in [1.165, 1.54) is 7.11 Å². The average molecular weight is 331 g/mol. The zero-order chi connectivity index (χ0) is 14.3. The van der Waals surface area contributed by atoms with E-state index in [1.54, 1.807) is 18.2 Å². The van der Waals surface area contributed by atoms with Crippen LogP contribution in [-0.4, -0.2) is 30.1 Å². The number of carbonyl (C=O) groups excluding carboxylic acids is 1. The van der Waals surface area contributed by atoms with Crippen molar-refractivity contribution in [3.8, 4) is 5.75 Å². The van der Waals surface area contributed by atoms with Crippen molar-refractivity contribution in [2.45, 2.75) is 25.9 Å². The highest BCUT2D eigenvalue weighted by Gasteiger charge is 2.16. The van der Waals surface area contributed by atoms with Crippen molar-refractivity contribution in [1.82, 2.24) is 0 Å². The van der Waals surface area contributed by atoms with Gasteiger partial charge in [-0.05, 0) is 24.1 Å². The van der Waals surface area contributed by atoms with E-state index in [0.29, 0.717) is 28.8 Å². The van der Waals surface area contributed by atoms with Crippen LogP contribution in [0, 0.1) is 0 Å². The lowest BCUT2D eigenvalue weighted by Gasteiger charge is -2.13. The molecule has 0 amide bonds. The van der Waals surface area contributed by atoms with Gasteiger partial charge < -0.3 is 14.6 Å². The summed E-state index contributed by atoms with van der Waals surface area (Å²) in [6.45, 7) is 2.63. The van der Waals surface area contributed by atoms with Gasteiger partial charge in [0.2, 0.25) is 0 Å². The molecule has 1 atom stereocenters. The summed E-state index contributed by atoms with van der Waals surface area (Å²) in [4.78, 5) is 11.7. The fourth-order valence-corrected chi connectivity index (χ4v) is 1.94. The van der Waals surface area contributed by atoms with Crippen molar-refractivity contribution < 1.29 is 19.4 Å². The molecule has 106 valence electrons. The standard InChI is InChI=1S/C14H19BrO4/c1-3-4-7-19-13-6-5-10(12(16)9-15)8-11(13)14(17)18-2/h5-6,8,12,16H,3-4,7,9H2,1-2H3/t12-/m0/s1. The Morgan fingerprint density at radius 2 is 2.21 bits per heavy atom. The Morgan fingerprint density at radius 1 is 1.47 bits per heavy atom. The van der Waals surface area contributed by atoms with Gasteiger partial charge in [-0.2, -0.15) is 0 Å². The monoisotopic (exact) mass is 330 g/mol. The van der Waals surface area contributed by atoms with Crippen molar-refractivity contribution in [2.24, 2.45) is 0 Å². The van der Waals surface area contributed by atoms with Crippen LogP contribution in [0.5, 0.6) is 5.75 Å². The lowest BCUT2D eigenvalue weighted by atomic mass is 10.1. The molecule has 1 aromatic rings. The Labute approximate surface area is 121 Å². The molecule has 1 N–H and O–H groups in total. The first-order chi connectivity index (χ1) is 9.13. The van der Waals surface area contributed by atoms with Crippen molar-refractivity contribution in [3.63, 3.8) is 0 Å². The van der Waals surface area contributed by atoms with E-state index in [0.717, 1.165) is 12.8 Å². The van der Waals surface area contributed by atoms with Crippen LogP contribution in [0.2, 0.25) is 0 Å². The minimum Gasteiger partial charge on any atom is -0.493 e. The molecule has 0 fully saturated rings. The van der Waals surface area contributed by atoms with Gasteiger partial charge in [-0.1, -0.05) is 35.3 Å². The highest BCUT2D eigenvalue weighted by atomic mass is 79.9. The second kappa shape index (κ2) is 8.17. The van der Waals surface area contributed by atoms with E-state index in [-0.39, 0.29) is 0 Å². The second-order valence-corrected chi connectivity index (χ2v) is 4.77. The maximum Gasteiger partial charge on any atom is 0.341 e. The summed E-state index contributed by atoms with van der Waals surface area (Å²) in [6.07, 6.45) is 1.29. The Kier molecular flexibility index (Phi) is 6.87. The van der Waals surface area contributed by atoms with Crippen LogP contribution in [0.15, 0.2) is 18.2 Å². The first-order valence-corrected chi connectivity index (χ1v) is 7.35. The van der Waals surface area contributed by atoms with E-state index < -0.39 is 12.1 Å². The number of aliphatic hydroxyl groups is 1. The first kappa shape index (κ1) is 16.0. The maximum atomic E-state index is 11.7. The Hall–Kier alpha value is -1.07. The fourth-order valence-electron chi connectivity index (χ4n) is 1.57. The summed E-state index contributed by atoms with van der Waals surface area (Å²) in [5.74, 6) is 0.0287. The van der Waals surface area contributed by atoms with Gasteiger partial charge in [-0.3, -0.25) is 0 Å². The van der Waals surface area contributed by atoms with Crippen molar-refractivity contribution in [3.05, 3.63) is 29.3 Å². The summed E-state index contributed by atoms with van der Waals surface area (Å²) in [5, 5.41) is 10.2. The summed E-state index contributed by atoms with van der Waals surface area (Å²) < 4.78 is 10.3. The second-order valence-electron chi connectivity index (χ2n) is 4.12. The topological polar surface area (TPSA) is 55.8 Å². The molecule has 19 heavy (non-hydrogen) atoms. The van der Waals surface area contributed by atoms with Crippen molar-refractivity contribution in [2.75, 3.05) is 19.0 Å². The van der Waals surface area contributed by atoms with E-state index in [4.69, 9.17) is 9.47 Å². The molecule has 0 aromatic heterocycles. The number of aliphatic hydroxyl groups excluding tert-OH is 1. The Morgan fingerprint density at radius 3 is 2.79 bits per heavy atom. The minimum absolute atomic E-state index is 0.344.